The van der Waals surface area contributed by atoms with Crippen LogP contribution < -0.4 is 9.62 Å². The third-order valence-corrected chi connectivity index (χ3v) is 7.72. The van der Waals surface area contributed by atoms with E-state index in [2.05, 4.69) is 10.2 Å². The minimum atomic E-state index is -3.70. The van der Waals surface area contributed by atoms with E-state index >= 15 is 0 Å². The fraction of sp³-hybridized carbons (Fsp3) is 0.435. The second kappa shape index (κ2) is 9.18. The summed E-state index contributed by atoms with van der Waals surface area (Å²) in [4.78, 5) is 15.2. The Balaban J connectivity index is 1.39. The van der Waals surface area contributed by atoms with Gasteiger partial charge in [-0.25, -0.2) is 8.42 Å². The highest BCUT2D eigenvalue weighted by atomic mass is 32.2. The molecule has 1 saturated heterocycles. The average Bonchev–Trinajstić information content (AvgIpc) is 3.22. The van der Waals surface area contributed by atoms with E-state index in [1.165, 1.54) is 29.6 Å². The third kappa shape index (κ3) is 4.52. The Labute approximate surface area is 178 Å². The van der Waals surface area contributed by atoms with Crippen molar-refractivity contribution in [2.24, 2.45) is 0 Å². The first-order valence-electron chi connectivity index (χ1n) is 10.8. The van der Waals surface area contributed by atoms with Gasteiger partial charge in [-0.2, -0.15) is 0 Å². The minimum absolute atomic E-state index is 0.153. The number of likely N-dealkylation sites (tertiary alicyclic amines) is 1. The zero-order valence-electron chi connectivity index (χ0n) is 17.2. The Morgan fingerprint density at radius 2 is 1.77 bits per heavy atom. The second-order valence-corrected chi connectivity index (χ2v) is 9.86. The number of nitrogens with one attached hydrogen (secondary N) is 1. The molecule has 0 unspecified atom stereocenters. The normalized spacial score (nSPS) is 17.0. The van der Waals surface area contributed by atoms with Gasteiger partial charge in [0.2, 0.25) is 0 Å². The number of rotatable bonds is 7. The number of nitrogens with zero attached hydrogens (tertiary/aromatic N) is 2. The number of benzene rings is 2. The maximum absolute atomic E-state index is 13.2. The summed E-state index contributed by atoms with van der Waals surface area (Å²) in [5.74, 6) is -0.229. The molecule has 1 N–H and O–H groups in total. The summed E-state index contributed by atoms with van der Waals surface area (Å²) in [6, 6.07) is 13.9. The van der Waals surface area contributed by atoms with E-state index < -0.39 is 10.0 Å². The van der Waals surface area contributed by atoms with Gasteiger partial charge in [0.15, 0.2) is 0 Å². The van der Waals surface area contributed by atoms with Gasteiger partial charge in [0.05, 0.1) is 10.6 Å². The molecule has 0 spiro atoms. The summed E-state index contributed by atoms with van der Waals surface area (Å²) in [5, 5.41) is 2.93. The minimum Gasteiger partial charge on any atom is -0.352 e. The number of sulfonamides is 1. The molecule has 2 heterocycles. The first-order valence-corrected chi connectivity index (χ1v) is 12.2. The van der Waals surface area contributed by atoms with Gasteiger partial charge >= 0.3 is 0 Å². The lowest BCUT2D eigenvalue weighted by Crippen LogP contribution is -2.33. The van der Waals surface area contributed by atoms with E-state index in [9.17, 15) is 13.2 Å². The van der Waals surface area contributed by atoms with Crippen molar-refractivity contribution in [3.05, 3.63) is 59.7 Å². The second-order valence-electron chi connectivity index (χ2n) is 8.00. The SMILES string of the molecule is O=C(NCCCN1CCCCC1)c1cccc(S(=O)(=O)N2CCc3ccccc32)c1. The monoisotopic (exact) mass is 427 g/mol. The van der Waals surface area contributed by atoms with Crippen molar-refractivity contribution in [1.29, 1.82) is 0 Å². The fourth-order valence-corrected chi connectivity index (χ4v) is 5.82. The topological polar surface area (TPSA) is 69.7 Å². The molecule has 0 radical (unpaired) electrons. The van der Waals surface area contributed by atoms with Crippen molar-refractivity contribution in [3.8, 4) is 0 Å². The molecule has 30 heavy (non-hydrogen) atoms. The highest BCUT2D eigenvalue weighted by Gasteiger charge is 2.30. The highest BCUT2D eigenvalue weighted by Crippen LogP contribution is 2.32. The maximum Gasteiger partial charge on any atom is 0.264 e. The molecule has 0 saturated carbocycles. The van der Waals surface area contributed by atoms with Crippen LogP contribution in [0.3, 0.4) is 0 Å². The van der Waals surface area contributed by atoms with E-state index in [-0.39, 0.29) is 10.8 Å². The summed E-state index contributed by atoms with van der Waals surface area (Å²) < 4.78 is 27.8. The first-order chi connectivity index (χ1) is 14.6. The summed E-state index contributed by atoms with van der Waals surface area (Å²) in [6.45, 7) is 4.30. The average molecular weight is 428 g/mol. The zero-order chi connectivity index (χ0) is 21.0. The lowest BCUT2D eigenvalue weighted by atomic mass is 10.1. The maximum atomic E-state index is 13.2. The standard InChI is InChI=1S/C23H29N3O3S/c27-23(24-13-7-16-25-14-4-1-5-15-25)20-9-6-10-21(18-20)30(28,29)26-17-12-19-8-2-3-11-22(19)26/h2-3,6,8-11,18H,1,4-5,7,12-17H2,(H,24,27). The third-order valence-electron chi connectivity index (χ3n) is 5.91. The van der Waals surface area contributed by atoms with E-state index in [1.807, 2.05) is 24.3 Å². The molecule has 7 heteroatoms. The van der Waals surface area contributed by atoms with Gasteiger partial charge in [0.25, 0.3) is 15.9 Å². The largest absolute Gasteiger partial charge is 0.352 e. The van der Waals surface area contributed by atoms with Crippen LogP contribution in [0.5, 0.6) is 0 Å². The van der Waals surface area contributed by atoms with Crippen molar-refractivity contribution in [3.63, 3.8) is 0 Å². The molecule has 0 atom stereocenters. The number of hydrogen-bond donors (Lipinski definition) is 1. The van der Waals surface area contributed by atoms with Crippen molar-refractivity contribution in [1.82, 2.24) is 10.2 Å². The van der Waals surface area contributed by atoms with Crippen LogP contribution in [-0.4, -0.2) is 51.9 Å². The van der Waals surface area contributed by atoms with Gasteiger partial charge in [-0.05, 0) is 75.1 Å². The van der Waals surface area contributed by atoms with Crippen LogP contribution in [0, 0.1) is 0 Å². The highest BCUT2D eigenvalue weighted by molar-refractivity contribution is 7.92. The summed E-state index contributed by atoms with van der Waals surface area (Å²) in [7, 11) is -3.70. The molecule has 0 aliphatic carbocycles. The molecule has 2 aromatic rings. The Bertz CT molecular complexity index is 1000. The molecular formula is C23H29N3O3S. The number of amides is 1. The van der Waals surface area contributed by atoms with Crippen molar-refractivity contribution in [2.45, 2.75) is 37.0 Å². The van der Waals surface area contributed by atoms with E-state index in [0.29, 0.717) is 25.1 Å². The predicted molar refractivity (Wildman–Crippen MR) is 118 cm³/mol. The predicted octanol–water partition coefficient (Wildman–Crippen LogP) is 3.04. The van der Waals surface area contributed by atoms with Gasteiger partial charge in [0, 0.05) is 18.7 Å². The number of carbonyl (C=O) groups excluding carboxylic acids is 1. The lowest BCUT2D eigenvalue weighted by Gasteiger charge is -2.26. The number of hydrogen-bond acceptors (Lipinski definition) is 4. The van der Waals surface area contributed by atoms with Gasteiger partial charge < -0.3 is 10.2 Å². The Hall–Kier alpha value is -2.38. The van der Waals surface area contributed by atoms with E-state index in [0.717, 1.165) is 37.3 Å². The molecule has 2 aliphatic rings. The molecule has 2 aliphatic heterocycles. The summed E-state index contributed by atoms with van der Waals surface area (Å²) in [6.07, 6.45) is 5.43. The zero-order valence-corrected chi connectivity index (χ0v) is 18.0. The number of para-hydroxylation sites is 1. The molecule has 160 valence electrons. The smallest absolute Gasteiger partial charge is 0.264 e. The van der Waals surface area contributed by atoms with Crippen molar-refractivity contribution < 1.29 is 13.2 Å². The van der Waals surface area contributed by atoms with Crippen LogP contribution in [0.1, 0.15) is 41.6 Å². The van der Waals surface area contributed by atoms with Gasteiger partial charge in [0.1, 0.15) is 0 Å². The Kier molecular flexibility index (Phi) is 6.39. The van der Waals surface area contributed by atoms with Crippen molar-refractivity contribution in [2.75, 3.05) is 37.0 Å². The van der Waals surface area contributed by atoms with Crippen molar-refractivity contribution >= 4 is 21.6 Å². The molecule has 1 amide bonds. The van der Waals surface area contributed by atoms with Gasteiger partial charge in [-0.3, -0.25) is 9.10 Å². The fourth-order valence-electron chi connectivity index (χ4n) is 4.27. The van der Waals surface area contributed by atoms with Crippen LogP contribution in [0.4, 0.5) is 5.69 Å². The van der Waals surface area contributed by atoms with Crippen LogP contribution in [0.2, 0.25) is 0 Å². The number of carbonyl (C=O) groups is 1. The lowest BCUT2D eigenvalue weighted by molar-refractivity contribution is 0.0951. The number of fused-ring (bicyclic) bond motifs is 1. The van der Waals surface area contributed by atoms with Crippen LogP contribution in [0.15, 0.2) is 53.4 Å². The Morgan fingerprint density at radius 3 is 2.60 bits per heavy atom. The summed E-state index contributed by atoms with van der Waals surface area (Å²) in [5.41, 5.74) is 2.13. The molecule has 0 aromatic heterocycles. The molecule has 2 aromatic carbocycles. The first kappa shape index (κ1) is 20.9. The number of piperidine rings is 1. The Morgan fingerprint density at radius 1 is 0.967 bits per heavy atom. The summed E-state index contributed by atoms with van der Waals surface area (Å²) >= 11 is 0. The van der Waals surface area contributed by atoms with E-state index in [4.69, 9.17) is 0 Å². The molecule has 0 bridgehead atoms. The number of anilines is 1. The van der Waals surface area contributed by atoms with Crippen LogP contribution in [-0.2, 0) is 16.4 Å². The van der Waals surface area contributed by atoms with Gasteiger partial charge in [-0.15, -0.1) is 0 Å². The molecule has 1 fully saturated rings. The van der Waals surface area contributed by atoms with E-state index in [1.54, 1.807) is 18.2 Å². The quantitative estimate of drug-likeness (QED) is 0.690. The van der Waals surface area contributed by atoms with Crippen LogP contribution >= 0.6 is 0 Å². The molecular weight excluding hydrogens is 398 g/mol. The van der Waals surface area contributed by atoms with Crippen LogP contribution in [0.25, 0.3) is 0 Å². The molecule has 4 rings (SSSR count). The molecule has 6 nitrogen and oxygen atoms in total. The van der Waals surface area contributed by atoms with Gasteiger partial charge in [-0.1, -0.05) is 30.7 Å².